The normalized spacial score (nSPS) is 16.8. The number of nitrogens with zero attached hydrogens (tertiary/aromatic N) is 1. The number of amides is 1. The second-order valence-corrected chi connectivity index (χ2v) is 7.95. The molecular weight excluding hydrogens is 372 g/mol. The molecular formula is C21H28N4O2S. The fraction of sp³-hybridized carbons (Fsp3) is 0.429. The quantitative estimate of drug-likeness (QED) is 0.492. The number of nitrogens with one attached hydrogen (secondary N) is 3. The summed E-state index contributed by atoms with van der Waals surface area (Å²) >= 11 is 1.82. The molecule has 0 bridgehead atoms. The molecule has 7 heteroatoms. The minimum atomic E-state index is -0.324. The lowest BCUT2D eigenvalue weighted by Gasteiger charge is -2.13. The van der Waals surface area contributed by atoms with E-state index in [0.29, 0.717) is 13.2 Å². The van der Waals surface area contributed by atoms with Gasteiger partial charge in [-0.1, -0.05) is 19.1 Å². The highest BCUT2D eigenvalue weighted by atomic mass is 32.1. The summed E-state index contributed by atoms with van der Waals surface area (Å²) < 4.78 is 5.44. The average molecular weight is 401 g/mol. The number of anilines is 1. The minimum absolute atomic E-state index is 0.0671. The van der Waals surface area contributed by atoms with Gasteiger partial charge in [-0.25, -0.2) is 0 Å². The smallest absolute Gasteiger partial charge is 0.253 e. The van der Waals surface area contributed by atoms with Crippen LogP contribution in [-0.4, -0.2) is 31.6 Å². The highest BCUT2D eigenvalue weighted by molar-refractivity contribution is 7.11. The minimum Gasteiger partial charge on any atom is -0.368 e. The summed E-state index contributed by atoms with van der Waals surface area (Å²) in [5.74, 6) is 0.683. The molecule has 1 fully saturated rings. The Hall–Kier alpha value is -2.38. The number of guanidine groups is 1. The zero-order chi connectivity index (χ0) is 19.8. The van der Waals surface area contributed by atoms with Gasteiger partial charge in [0.2, 0.25) is 0 Å². The monoisotopic (exact) mass is 400 g/mol. The van der Waals surface area contributed by atoms with Crippen molar-refractivity contribution in [2.45, 2.75) is 45.4 Å². The van der Waals surface area contributed by atoms with Gasteiger partial charge in [0.25, 0.3) is 5.91 Å². The first-order chi connectivity index (χ1) is 13.7. The van der Waals surface area contributed by atoms with Crippen LogP contribution in [0.25, 0.3) is 0 Å². The molecule has 2 aromatic rings. The van der Waals surface area contributed by atoms with Crippen molar-refractivity contribution in [1.82, 2.24) is 10.6 Å². The van der Waals surface area contributed by atoms with Crippen molar-refractivity contribution in [2.75, 3.05) is 19.0 Å². The first kappa shape index (κ1) is 20.4. The molecule has 1 aromatic carbocycles. The lowest BCUT2D eigenvalue weighted by Crippen LogP contribution is -2.36. The zero-order valence-electron chi connectivity index (χ0n) is 16.5. The van der Waals surface area contributed by atoms with E-state index in [4.69, 9.17) is 4.74 Å². The molecule has 0 spiro atoms. The number of hydrogen-bond donors (Lipinski definition) is 3. The number of carbonyl (C=O) groups is 1. The standard InChI is InChI=1S/C21H28N4O2S/c1-3-17-9-10-18(28-17)14-24-21(22-2)23-13-15-6-4-7-16(12-15)25-20(26)19-8-5-11-27-19/h4,6-7,9-10,12,19H,3,5,8,11,13-14H2,1-2H3,(H,25,26)(H2,22,23,24). The molecule has 6 nitrogen and oxygen atoms in total. The summed E-state index contributed by atoms with van der Waals surface area (Å²) in [4.78, 5) is 19.2. The van der Waals surface area contributed by atoms with E-state index in [1.165, 1.54) is 9.75 Å². The third-order valence-corrected chi connectivity index (χ3v) is 5.83. The second-order valence-electron chi connectivity index (χ2n) is 6.69. The van der Waals surface area contributed by atoms with Gasteiger partial charge in [0.05, 0.1) is 6.54 Å². The summed E-state index contributed by atoms with van der Waals surface area (Å²) in [7, 11) is 1.76. The van der Waals surface area contributed by atoms with E-state index >= 15 is 0 Å². The number of benzene rings is 1. The van der Waals surface area contributed by atoms with Crippen molar-refractivity contribution in [2.24, 2.45) is 4.99 Å². The number of thiophene rings is 1. The Morgan fingerprint density at radius 3 is 2.75 bits per heavy atom. The van der Waals surface area contributed by atoms with E-state index < -0.39 is 0 Å². The van der Waals surface area contributed by atoms with Crippen LogP contribution in [0.1, 0.15) is 35.1 Å². The average Bonchev–Trinajstić information content (AvgIpc) is 3.40. The topological polar surface area (TPSA) is 74.8 Å². The Bertz CT molecular complexity index is 812. The molecule has 1 aliphatic heterocycles. The van der Waals surface area contributed by atoms with Gasteiger partial charge < -0.3 is 20.7 Å². The molecule has 150 valence electrons. The molecule has 3 rings (SSSR count). The molecule has 1 aromatic heterocycles. The van der Waals surface area contributed by atoms with Crippen LogP contribution < -0.4 is 16.0 Å². The van der Waals surface area contributed by atoms with Gasteiger partial charge in [-0.3, -0.25) is 9.79 Å². The summed E-state index contributed by atoms with van der Waals surface area (Å²) in [6.07, 6.45) is 2.48. The van der Waals surface area contributed by atoms with E-state index in [0.717, 1.165) is 43.0 Å². The lowest BCUT2D eigenvalue weighted by atomic mass is 10.2. The fourth-order valence-electron chi connectivity index (χ4n) is 3.05. The lowest BCUT2D eigenvalue weighted by molar-refractivity contribution is -0.124. The largest absolute Gasteiger partial charge is 0.368 e. The third-order valence-electron chi connectivity index (χ3n) is 4.60. The van der Waals surface area contributed by atoms with Gasteiger partial charge in [-0.15, -0.1) is 11.3 Å². The predicted octanol–water partition coefficient (Wildman–Crippen LogP) is 3.29. The molecule has 28 heavy (non-hydrogen) atoms. The van der Waals surface area contributed by atoms with E-state index in [-0.39, 0.29) is 12.0 Å². The summed E-state index contributed by atoms with van der Waals surface area (Å²) in [6.45, 7) is 4.20. The Balaban J connectivity index is 1.49. The maximum absolute atomic E-state index is 12.2. The van der Waals surface area contributed by atoms with Crippen LogP contribution in [0, 0.1) is 0 Å². The van der Waals surface area contributed by atoms with E-state index in [1.807, 2.05) is 35.6 Å². The zero-order valence-corrected chi connectivity index (χ0v) is 17.3. The van der Waals surface area contributed by atoms with Crippen molar-refractivity contribution >= 4 is 28.9 Å². The van der Waals surface area contributed by atoms with Crippen LogP contribution in [0.4, 0.5) is 5.69 Å². The van der Waals surface area contributed by atoms with E-state index in [9.17, 15) is 4.79 Å². The Kier molecular flexibility index (Phi) is 7.45. The number of aryl methyl sites for hydroxylation is 1. The number of aliphatic imine (C=N–C) groups is 1. The molecule has 2 heterocycles. The van der Waals surface area contributed by atoms with Crippen LogP contribution >= 0.6 is 11.3 Å². The maximum atomic E-state index is 12.2. The molecule has 0 radical (unpaired) electrons. The SMILES string of the molecule is CCc1ccc(CNC(=NC)NCc2cccc(NC(=O)C3CCCO3)c2)s1. The summed E-state index contributed by atoms with van der Waals surface area (Å²) in [5, 5.41) is 9.60. The molecule has 1 saturated heterocycles. The third kappa shape index (κ3) is 5.81. The molecule has 0 aliphatic carbocycles. The molecule has 1 amide bonds. The van der Waals surface area contributed by atoms with Crippen LogP contribution in [0.5, 0.6) is 0 Å². The summed E-state index contributed by atoms with van der Waals surface area (Å²) in [6, 6.07) is 12.2. The van der Waals surface area contributed by atoms with Gasteiger partial charge in [-0.2, -0.15) is 0 Å². The van der Waals surface area contributed by atoms with Crippen molar-refractivity contribution in [3.8, 4) is 0 Å². The Morgan fingerprint density at radius 2 is 2.04 bits per heavy atom. The Labute approximate surface area is 170 Å². The molecule has 1 aliphatic rings. The van der Waals surface area contributed by atoms with Gasteiger partial charge in [-0.05, 0) is 49.1 Å². The predicted molar refractivity (Wildman–Crippen MR) is 115 cm³/mol. The van der Waals surface area contributed by atoms with Gasteiger partial charge in [0.15, 0.2) is 5.96 Å². The van der Waals surface area contributed by atoms with Crippen LogP contribution in [-0.2, 0) is 29.0 Å². The van der Waals surface area contributed by atoms with Gasteiger partial charge >= 0.3 is 0 Å². The van der Waals surface area contributed by atoms with E-state index in [1.54, 1.807) is 7.05 Å². The highest BCUT2D eigenvalue weighted by Gasteiger charge is 2.23. The maximum Gasteiger partial charge on any atom is 0.253 e. The van der Waals surface area contributed by atoms with Crippen LogP contribution in [0.2, 0.25) is 0 Å². The van der Waals surface area contributed by atoms with Crippen molar-refractivity contribution in [3.63, 3.8) is 0 Å². The van der Waals surface area contributed by atoms with Crippen LogP contribution in [0.3, 0.4) is 0 Å². The number of rotatable bonds is 7. The van der Waals surface area contributed by atoms with Gasteiger partial charge in [0, 0.05) is 35.6 Å². The first-order valence-electron chi connectivity index (χ1n) is 9.71. The number of carbonyl (C=O) groups excluding carboxylic acids is 1. The molecule has 1 atom stereocenters. The molecule has 3 N–H and O–H groups in total. The first-order valence-corrected chi connectivity index (χ1v) is 10.5. The number of ether oxygens (including phenoxy) is 1. The molecule has 1 unspecified atom stereocenters. The van der Waals surface area contributed by atoms with Gasteiger partial charge in [0.1, 0.15) is 6.10 Å². The van der Waals surface area contributed by atoms with Crippen molar-refractivity contribution < 1.29 is 9.53 Å². The summed E-state index contributed by atoms with van der Waals surface area (Å²) in [5.41, 5.74) is 1.85. The molecule has 0 saturated carbocycles. The fourth-order valence-corrected chi connectivity index (χ4v) is 3.95. The Morgan fingerprint density at radius 1 is 1.21 bits per heavy atom. The second kappa shape index (κ2) is 10.2. The van der Waals surface area contributed by atoms with Crippen LogP contribution in [0.15, 0.2) is 41.4 Å². The van der Waals surface area contributed by atoms with Crippen molar-refractivity contribution in [3.05, 3.63) is 51.7 Å². The highest BCUT2D eigenvalue weighted by Crippen LogP contribution is 2.17. The van der Waals surface area contributed by atoms with Crippen molar-refractivity contribution in [1.29, 1.82) is 0 Å². The number of hydrogen-bond acceptors (Lipinski definition) is 4. The van der Waals surface area contributed by atoms with E-state index in [2.05, 4.69) is 40.0 Å².